The van der Waals surface area contributed by atoms with Gasteiger partial charge in [0, 0.05) is 5.56 Å². The summed E-state index contributed by atoms with van der Waals surface area (Å²) in [7, 11) is 0. The highest BCUT2D eigenvalue weighted by molar-refractivity contribution is 5.92. The van der Waals surface area contributed by atoms with Gasteiger partial charge in [0.05, 0.1) is 19.4 Å². The first kappa shape index (κ1) is 18.9. The molecule has 1 aromatic carbocycles. The zero-order valence-electron chi connectivity index (χ0n) is 12.1. The molecule has 0 aliphatic rings. The molecule has 5 nitrogen and oxygen atoms in total. The maximum absolute atomic E-state index is 13.0. The molecule has 126 valence electrons. The summed E-state index contributed by atoms with van der Waals surface area (Å²) >= 11 is 0. The number of benzene rings is 1. The van der Waals surface area contributed by atoms with E-state index in [9.17, 15) is 13.6 Å². The van der Waals surface area contributed by atoms with Gasteiger partial charge in [-0.1, -0.05) is 18.2 Å². The van der Waals surface area contributed by atoms with Crippen LogP contribution in [0.15, 0.2) is 47.1 Å². The minimum Gasteiger partial charge on any atom is -0.489 e. The standard InChI is InChI=1S/C15H16F2N2O3.ClH/c16-15(17,9-18)10-19-14(20)13-11(6-7-21-13)8-22-12-4-2-1-3-5-12;/h1-7H,8-10,18H2,(H,19,20);1H. The average molecular weight is 347 g/mol. The van der Waals surface area contributed by atoms with Gasteiger partial charge in [-0.3, -0.25) is 4.79 Å². The lowest BCUT2D eigenvalue weighted by Gasteiger charge is -2.14. The number of carbonyl (C=O) groups is 1. The van der Waals surface area contributed by atoms with E-state index in [0.29, 0.717) is 11.3 Å². The molecule has 0 atom stereocenters. The first-order valence-electron chi connectivity index (χ1n) is 6.62. The summed E-state index contributed by atoms with van der Waals surface area (Å²) in [5.41, 5.74) is 5.38. The number of halogens is 3. The molecule has 0 fully saturated rings. The number of ether oxygens (including phenoxy) is 1. The molecule has 0 saturated heterocycles. The van der Waals surface area contributed by atoms with Crippen molar-refractivity contribution in [3.8, 4) is 5.75 Å². The summed E-state index contributed by atoms with van der Waals surface area (Å²) in [5.74, 6) is -3.30. The van der Waals surface area contributed by atoms with Crippen LogP contribution in [0.5, 0.6) is 5.75 Å². The van der Waals surface area contributed by atoms with Gasteiger partial charge in [0.15, 0.2) is 5.76 Å². The molecule has 0 aliphatic heterocycles. The molecular formula is C15H17ClF2N2O3. The van der Waals surface area contributed by atoms with Gasteiger partial charge in [0.25, 0.3) is 11.8 Å². The normalized spacial score (nSPS) is 10.7. The third-order valence-corrected chi connectivity index (χ3v) is 2.90. The van der Waals surface area contributed by atoms with Crippen LogP contribution in [0.4, 0.5) is 8.78 Å². The lowest BCUT2D eigenvalue weighted by atomic mass is 10.2. The fourth-order valence-electron chi connectivity index (χ4n) is 1.69. The molecule has 0 aliphatic carbocycles. The van der Waals surface area contributed by atoms with Crippen molar-refractivity contribution in [1.82, 2.24) is 5.32 Å². The van der Waals surface area contributed by atoms with Crippen LogP contribution in [0.1, 0.15) is 16.1 Å². The van der Waals surface area contributed by atoms with Gasteiger partial charge >= 0.3 is 0 Å². The Bertz CT molecular complexity index is 620. The lowest BCUT2D eigenvalue weighted by Crippen LogP contribution is -2.41. The minimum absolute atomic E-state index is 0. The zero-order chi connectivity index (χ0) is 16.0. The van der Waals surface area contributed by atoms with E-state index in [0.717, 1.165) is 0 Å². The smallest absolute Gasteiger partial charge is 0.287 e. The van der Waals surface area contributed by atoms with E-state index in [4.69, 9.17) is 14.9 Å². The van der Waals surface area contributed by atoms with Crippen molar-refractivity contribution in [2.75, 3.05) is 13.1 Å². The van der Waals surface area contributed by atoms with Crippen molar-refractivity contribution < 1.29 is 22.7 Å². The number of nitrogens with two attached hydrogens (primary N) is 1. The number of hydrogen-bond donors (Lipinski definition) is 2. The second-order valence-corrected chi connectivity index (χ2v) is 4.62. The number of alkyl halides is 2. The maximum atomic E-state index is 13.0. The molecule has 0 radical (unpaired) electrons. The Balaban J connectivity index is 0.00000264. The molecule has 23 heavy (non-hydrogen) atoms. The Morgan fingerprint density at radius 1 is 1.26 bits per heavy atom. The van der Waals surface area contributed by atoms with Crippen molar-refractivity contribution in [2.24, 2.45) is 5.73 Å². The Morgan fingerprint density at radius 3 is 2.61 bits per heavy atom. The van der Waals surface area contributed by atoms with Gasteiger partial charge in [-0.05, 0) is 18.2 Å². The van der Waals surface area contributed by atoms with Gasteiger partial charge in [0.1, 0.15) is 12.4 Å². The zero-order valence-corrected chi connectivity index (χ0v) is 12.9. The highest BCUT2D eigenvalue weighted by Crippen LogP contribution is 2.16. The quantitative estimate of drug-likeness (QED) is 0.808. The molecule has 8 heteroatoms. The van der Waals surface area contributed by atoms with E-state index in [1.807, 2.05) is 18.2 Å². The van der Waals surface area contributed by atoms with Gasteiger partial charge < -0.3 is 20.2 Å². The number of nitrogens with one attached hydrogen (secondary N) is 1. The molecule has 3 N–H and O–H groups in total. The predicted molar refractivity (Wildman–Crippen MR) is 83.1 cm³/mol. The van der Waals surface area contributed by atoms with Gasteiger partial charge in [0.2, 0.25) is 0 Å². The van der Waals surface area contributed by atoms with Crippen LogP contribution in [-0.4, -0.2) is 24.9 Å². The number of hydrogen-bond acceptors (Lipinski definition) is 4. The van der Waals surface area contributed by atoms with Crippen LogP contribution in [0.25, 0.3) is 0 Å². The van der Waals surface area contributed by atoms with Crippen LogP contribution in [0, 0.1) is 0 Å². The van der Waals surface area contributed by atoms with Gasteiger partial charge in [-0.2, -0.15) is 0 Å². The highest BCUT2D eigenvalue weighted by Gasteiger charge is 2.28. The number of furan rings is 1. The van der Waals surface area contributed by atoms with Crippen LogP contribution < -0.4 is 15.8 Å². The van der Waals surface area contributed by atoms with E-state index in [2.05, 4.69) is 5.32 Å². The van der Waals surface area contributed by atoms with E-state index >= 15 is 0 Å². The summed E-state index contributed by atoms with van der Waals surface area (Å²) in [5, 5.41) is 2.10. The van der Waals surface area contributed by atoms with Crippen LogP contribution in [-0.2, 0) is 6.61 Å². The van der Waals surface area contributed by atoms with E-state index in [-0.39, 0.29) is 24.8 Å². The first-order valence-corrected chi connectivity index (χ1v) is 6.62. The fourth-order valence-corrected chi connectivity index (χ4v) is 1.69. The fraction of sp³-hybridized carbons (Fsp3) is 0.267. The van der Waals surface area contributed by atoms with Crippen molar-refractivity contribution >= 4 is 18.3 Å². The molecule has 1 aromatic heterocycles. The molecule has 1 heterocycles. The van der Waals surface area contributed by atoms with Crippen LogP contribution in [0.2, 0.25) is 0 Å². The van der Waals surface area contributed by atoms with Gasteiger partial charge in [-0.15, -0.1) is 12.4 Å². The molecule has 1 amide bonds. The lowest BCUT2D eigenvalue weighted by molar-refractivity contribution is 0.0115. The Morgan fingerprint density at radius 2 is 1.96 bits per heavy atom. The summed E-state index contributed by atoms with van der Waals surface area (Å²) in [6.07, 6.45) is 1.31. The third kappa shape index (κ3) is 5.54. The SMILES string of the molecule is Cl.NCC(F)(F)CNC(=O)c1occc1COc1ccccc1. The average Bonchev–Trinajstić information content (AvgIpc) is 3.00. The van der Waals surface area contributed by atoms with Gasteiger partial charge in [-0.25, -0.2) is 8.78 Å². The van der Waals surface area contributed by atoms with Crippen molar-refractivity contribution in [2.45, 2.75) is 12.5 Å². The van der Waals surface area contributed by atoms with E-state index in [1.54, 1.807) is 18.2 Å². The van der Waals surface area contributed by atoms with Crippen molar-refractivity contribution in [3.05, 3.63) is 54.0 Å². The largest absolute Gasteiger partial charge is 0.489 e. The summed E-state index contributed by atoms with van der Waals surface area (Å²) in [4.78, 5) is 11.9. The Kier molecular flexibility index (Phi) is 6.99. The molecule has 0 spiro atoms. The van der Waals surface area contributed by atoms with E-state index in [1.165, 1.54) is 6.26 Å². The van der Waals surface area contributed by atoms with Crippen molar-refractivity contribution in [1.29, 1.82) is 0 Å². The van der Waals surface area contributed by atoms with E-state index < -0.39 is 24.9 Å². The molecule has 2 aromatic rings. The minimum atomic E-state index is -3.15. The first-order chi connectivity index (χ1) is 10.5. The third-order valence-electron chi connectivity index (χ3n) is 2.90. The molecule has 2 rings (SSSR count). The highest BCUT2D eigenvalue weighted by atomic mass is 35.5. The summed E-state index contributed by atoms with van der Waals surface area (Å²) in [6.45, 7) is -1.59. The Labute approximate surface area is 138 Å². The summed E-state index contributed by atoms with van der Waals surface area (Å²) in [6, 6.07) is 10.6. The molecular weight excluding hydrogens is 330 g/mol. The van der Waals surface area contributed by atoms with Crippen molar-refractivity contribution in [3.63, 3.8) is 0 Å². The van der Waals surface area contributed by atoms with Crippen LogP contribution in [0.3, 0.4) is 0 Å². The topological polar surface area (TPSA) is 77.5 Å². The number of para-hydroxylation sites is 1. The Hall–Kier alpha value is -2.12. The maximum Gasteiger partial charge on any atom is 0.287 e. The summed E-state index contributed by atoms with van der Waals surface area (Å²) < 4.78 is 36.6. The molecule has 0 unspecified atom stereocenters. The monoisotopic (exact) mass is 346 g/mol. The molecule has 0 bridgehead atoms. The number of carbonyl (C=O) groups excluding carboxylic acids is 1. The number of rotatable bonds is 7. The second-order valence-electron chi connectivity index (χ2n) is 4.62. The number of amides is 1. The second kappa shape index (κ2) is 8.50. The predicted octanol–water partition coefficient (Wildman–Crippen LogP) is 2.60. The molecule has 0 saturated carbocycles. The van der Waals surface area contributed by atoms with Crippen LogP contribution >= 0.6 is 12.4 Å².